The summed E-state index contributed by atoms with van der Waals surface area (Å²) in [5, 5.41) is 6.61. The Labute approximate surface area is 135 Å². The number of imidazole rings is 1. The minimum Gasteiger partial charge on any atom is -0.375 e. The first-order valence-corrected chi connectivity index (χ1v) is 7.41. The van der Waals surface area contributed by atoms with Crippen molar-refractivity contribution in [2.45, 2.75) is 38.8 Å². The molecule has 21 heavy (non-hydrogen) atoms. The third-order valence-corrected chi connectivity index (χ3v) is 3.73. The third-order valence-electron chi connectivity index (χ3n) is 3.42. The van der Waals surface area contributed by atoms with Crippen LogP contribution in [0.3, 0.4) is 0 Å². The lowest BCUT2D eigenvalue weighted by Crippen LogP contribution is -2.54. The van der Waals surface area contributed by atoms with E-state index in [4.69, 9.17) is 16.3 Å². The van der Waals surface area contributed by atoms with Gasteiger partial charge in [-0.1, -0.05) is 18.5 Å². The summed E-state index contributed by atoms with van der Waals surface area (Å²) in [7, 11) is 0. The smallest absolute Gasteiger partial charge is 0.287 e. The van der Waals surface area contributed by atoms with Crippen LogP contribution in [0, 0.1) is 0 Å². The second-order valence-electron chi connectivity index (χ2n) is 4.77. The molecule has 6 nitrogen and oxygen atoms in total. The molecule has 8 heteroatoms. The summed E-state index contributed by atoms with van der Waals surface area (Å²) in [5.74, 6) is 0.0313. The van der Waals surface area contributed by atoms with Gasteiger partial charge in [-0.25, -0.2) is 4.98 Å². The standard InChI is InChI=1S/C13H21ClN4O2.ClH/c1-3-8-11(14)18-12(16-8)13(19)17-9-5-6-15-7-10(9)20-4-2;/h9-10,15H,3-7H2,1-2H3,(H,16,18)(H,17,19);1H/t9-,10+;/m0./s1. The van der Waals surface area contributed by atoms with Gasteiger partial charge in [-0.15, -0.1) is 12.4 Å². The van der Waals surface area contributed by atoms with Crippen LogP contribution in [0.15, 0.2) is 0 Å². The van der Waals surface area contributed by atoms with Crippen LogP contribution in [0.2, 0.25) is 5.15 Å². The molecular formula is C13H22Cl2N4O2. The number of piperidine rings is 1. The van der Waals surface area contributed by atoms with Crippen LogP contribution in [0.5, 0.6) is 0 Å². The van der Waals surface area contributed by atoms with Crippen molar-refractivity contribution in [3.8, 4) is 0 Å². The number of hydrogen-bond donors (Lipinski definition) is 3. The minimum absolute atomic E-state index is 0. The van der Waals surface area contributed by atoms with Gasteiger partial charge >= 0.3 is 0 Å². The van der Waals surface area contributed by atoms with E-state index >= 15 is 0 Å². The van der Waals surface area contributed by atoms with E-state index < -0.39 is 0 Å². The molecule has 1 aliphatic heterocycles. The van der Waals surface area contributed by atoms with E-state index in [1.807, 2.05) is 13.8 Å². The maximum Gasteiger partial charge on any atom is 0.287 e. The summed E-state index contributed by atoms with van der Waals surface area (Å²) in [6.07, 6.45) is 1.55. The van der Waals surface area contributed by atoms with Gasteiger partial charge in [0, 0.05) is 13.2 Å². The number of aromatic amines is 1. The Kier molecular flexibility index (Phi) is 7.45. The lowest BCUT2D eigenvalue weighted by atomic mass is 10.0. The largest absolute Gasteiger partial charge is 0.375 e. The molecule has 1 fully saturated rings. The Balaban J connectivity index is 0.00000220. The van der Waals surface area contributed by atoms with Crippen LogP contribution in [-0.2, 0) is 11.2 Å². The molecule has 0 unspecified atom stereocenters. The molecule has 120 valence electrons. The van der Waals surface area contributed by atoms with Crippen LogP contribution < -0.4 is 10.6 Å². The number of aryl methyl sites for hydroxylation is 1. The zero-order valence-electron chi connectivity index (χ0n) is 12.2. The topological polar surface area (TPSA) is 79.0 Å². The van der Waals surface area contributed by atoms with Crippen molar-refractivity contribution >= 4 is 29.9 Å². The number of nitrogens with zero attached hydrogens (tertiary/aromatic N) is 1. The molecule has 2 atom stereocenters. The lowest BCUT2D eigenvalue weighted by molar-refractivity contribution is 0.0207. The Bertz CT molecular complexity index is 465. The molecule has 0 aliphatic carbocycles. The number of nitrogens with one attached hydrogen (secondary N) is 3. The first-order valence-electron chi connectivity index (χ1n) is 7.03. The van der Waals surface area contributed by atoms with Crippen LogP contribution >= 0.6 is 24.0 Å². The van der Waals surface area contributed by atoms with E-state index in [0.29, 0.717) is 18.2 Å². The first kappa shape index (κ1) is 18.2. The van der Waals surface area contributed by atoms with E-state index in [9.17, 15) is 4.79 Å². The van der Waals surface area contributed by atoms with Gasteiger partial charge in [-0.3, -0.25) is 4.79 Å². The molecule has 2 rings (SSSR count). The lowest BCUT2D eigenvalue weighted by Gasteiger charge is -2.32. The van der Waals surface area contributed by atoms with E-state index in [-0.39, 0.29) is 36.3 Å². The number of hydrogen-bond acceptors (Lipinski definition) is 4. The van der Waals surface area contributed by atoms with Crippen LogP contribution in [0.1, 0.15) is 36.6 Å². The molecule has 1 aromatic rings. The number of carbonyl (C=O) groups is 1. The van der Waals surface area contributed by atoms with Gasteiger partial charge in [0.15, 0.2) is 11.0 Å². The van der Waals surface area contributed by atoms with Crippen molar-refractivity contribution in [1.82, 2.24) is 20.6 Å². The predicted molar refractivity (Wildman–Crippen MR) is 84.4 cm³/mol. The third kappa shape index (κ3) is 4.57. The van der Waals surface area contributed by atoms with E-state index in [2.05, 4.69) is 20.6 Å². The fraction of sp³-hybridized carbons (Fsp3) is 0.692. The van der Waals surface area contributed by atoms with Crippen LogP contribution in [0.4, 0.5) is 0 Å². The average molecular weight is 337 g/mol. The molecular weight excluding hydrogens is 315 g/mol. The minimum atomic E-state index is -0.233. The van der Waals surface area contributed by atoms with Gasteiger partial charge in [0.1, 0.15) is 0 Å². The molecule has 0 aromatic carbocycles. The molecule has 0 radical (unpaired) electrons. The second kappa shape index (κ2) is 8.58. The molecule has 1 amide bonds. The van der Waals surface area contributed by atoms with Gasteiger partial charge in [-0.05, 0) is 26.3 Å². The van der Waals surface area contributed by atoms with E-state index in [1.165, 1.54) is 0 Å². The van der Waals surface area contributed by atoms with Crippen LogP contribution in [-0.4, -0.2) is 47.7 Å². The second-order valence-corrected chi connectivity index (χ2v) is 5.13. The number of halogens is 2. The maximum atomic E-state index is 12.2. The van der Waals surface area contributed by atoms with E-state index in [0.717, 1.165) is 25.2 Å². The number of carbonyl (C=O) groups excluding carboxylic acids is 1. The molecule has 1 saturated heterocycles. The molecule has 2 heterocycles. The quantitative estimate of drug-likeness (QED) is 0.762. The van der Waals surface area contributed by atoms with Crippen LogP contribution in [0.25, 0.3) is 0 Å². The number of ether oxygens (including phenoxy) is 1. The molecule has 3 N–H and O–H groups in total. The summed E-state index contributed by atoms with van der Waals surface area (Å²) in [4.78, 5) is 19.2. The highest BCUT2D eigenvalue weighted by atomic mass is 35.5. The van der Waals surface area contributed by atoms with Gasteiger partial charge in [0.05, 0.1) is 17.8 Å². The fourth-order valence-electron chi connectivity index (χ4n) is 2.35. The number of rotatable bonds is 5. The Morgan fingerprint density at radius 2 is 2.29 bits per heavy atom. The van der Waals surface area contributed by atoms with E-state index in [1.54, 1.807) is 0 Å². The Morgan fingerprint density at radius 3 is 2.90 bits per heavy atom. The molecule has 1 aromatic heterocycles. The van der Waals surface area contributed by atoms with Crippen molar-refractivity contribution in [2.24, 2.45) is 0 Å². The predicted octanol–water partition coefficient (Wildman–Crippen LogP) is 1.54. The maximum absolute atomic E-state index is 12.2. The molecule has 0 bridgehead atoms. The van der Waals surface area contributed by atoms with Crippen molar-refractivity contribution in [3.05, 3.63) is 16.7 Å². The molecule has 1 aliphatic rings. The van der Waals surface area contributed by atoms with Crippen molar-refractivity contribution in [3.63, 3.8) is 0 Å². The van der Waals surface area contributed by atoms with Crippen molar-refractivity contribution in [1.29, 1.82) is 0 Å². The summed E-state index contributed by atoms with van der Waals surface area (Å²) >= 11 is 5.95. The Morgan fingerprint density at radius 1 is 1.52 bits per heavy atom. The fourth-order valence-corrected chi connectivity index (χ4v) is 2.62. The summed E-state index contributed by atoms with van der Waals surface area (Å²) in [6, 6.07) is -0.00217. The SMILES string of the molecule is CCO[C@@H]1CNCC[C@@H]1NC(=O)c1nc(Cl)c(CC)[nH]1.Cl. The summed E-state index contributed by atoms with van der Waals surface area (Å²) < 4.78 is 5.65. The summed E-state index contributed by atoms with van der Waals surface area (Å²) in [6.45, 7) is 6.16. The molecule has 0 spiro atoms. The highest BCUT2D eigenvalue weighted by Gasteiger charge is 2.28. The number of amides is 1. The Hall–Kier alpha value is -0.820. The summed E-state index contributed by atoms with van der Waals surface area (Å²) in [5.41, 5.74) is 0.781. The van der Waals surface area contributed by atoms with Crippen molar-refractivity contribution in [2.75, 3.05) is 19.7 Å². The number of H-pyrrole nitrogens is 1. The van der Waals surface area contributed by atoms with Gasteiger partial charge in [0.2, 0.25) is 0 Å². The normalized spacial score (nSPS) is 21.7. The highest BCUT2D eigenvalue weighted by Crippen LogP contribution is 2.14. The zero-order valence-corrected chi connectivity index (χ0v) is 13.8. The average Bonchev–Trinajstić information content (AvgIpc) is 2.82. The zero-order chi connectivity index (χ0) is 14.5. The molecule has 0 saturated carbocycles. The monoisotopic (exact) mass is 336 g/mol. The van der Waals surface area contributed by atoms with Gasteiger partial charge in [-0.2, -0.15) is 0 Å². The van der Waals surface area contributed by atoms with Gasteiger partial charge in [0.25, 0.3) is 5.91 Å². The van der Waals surface area contributed by atoms with Crippen molar-refractivity contribution < 1.29 is 9.53 Å². The number of aromatic nitrogens is 2. The van der Waals surface area contributed by atoms with Gasteiger partial charge < -0.3 is 20.4 Å². The first-order chi connectivity index (χ1) is 9.65. The highest BCUT2D eigenvalue weighted by molar-refractivity contribution is 6.30.